The summed E-state index contributed by atoms with van der Waals surface area (Å²) < 4.78 is 171. The second-order valence-electron chi connectivity index (χ2n) is 6.71. The summed E-state index contributed by atoms with van der Waals surface area (Å²) in [6, 6.07) is 0. The molecule has 0 heterocycles. The number of carbonyl (C=O) groups excluding carboxylic acids is 2. The van der Waals surface area contributed by atoms with E-state index in [1.807, 2.05) is 0 Å². The molecule has 0 saturated carbocycles. The zero-order valence-corrected chi connectivity index (χ0v) is 16.7. The van der Waals surface area contributed by atoms with E-state index in [0.29, 0.717) is 6.92 Å². The highest BCUT2D eigenvalue weighted by Gasteiger charge is 2.93. The zero-order chi connectivity index (χ0) is 27.9. The average Bonchev–Trinajstić information content (AvgIpc) is 2.64. The number of ether oxygens (including phenoxy) is 2. The van der Waals surface area contributed by atoms with Gasteiger partial charge in [0.15, 0.2) is 6.61 Å². The van der Waals surface area contributed by atoms with E-state index in [9.17, 15) is 62.3 Å². The molecule has 0 amide bonds. The van der Waals surface area contributed by atoms with Crippen molar-refractivity contribution in [1.29, 1.82) is 0 Å². The highest BCUT2D eigenvalue weighted by Crippen LogP contribution is 2.61. The molecule has 0 aromatic heterocycles. The van der Waals surface area contributed by atoms with Gasteiger partial charge in [-0.3, -0.25) is 0 Å². The normalized spacial score (nSPS) is 14.5. The van der Waals surface area contributed by atoms with Gasteiger partial charge in [-0.1, -0.05) is 13.2 Å². The third-order valence-corrected chi connectivity index (χ3v) is 3.76. The van der Waals surface area contributed by atoms with Crippen LogP contribution in [-0.4, -0.2) is 70.3 Å². The SMILES string of the molecule is C=C(C)C(=O)OCC(F)(F)C(F)(F)C(F)(F)C(F)(F)C(F)(F)C(F)(F)C(O)(O)OC(=O)C(=C)C. The van der Waals surface area contributed by atoms with E-state index in [1.165, 1.54) is 0 Å². The van der Waals surface area contributed by atoms with Gasteiger partial charge in [0.25, 0.3) is 0 Å². The molecule has 0 aliphatic carbocycles. The largest absolute Gasteiger partial charge is 0.456 e. The van der Waals surface area contributed by atoms with Gasteiger partial charge in [0.2, 0.25) is 0 Å². The Balaban J connectivity index is 6.47. The number of rotatable bonds is 11. The van der Waals surface area contributed by atoms with Gasteiger partial charge in [-0.2, -0.15) is 52.7 Å². The average molecular weight is 530 g/mol. The summed E-state index contributed by atoms with van der Waals surface area (Å²) in [5.41, 5.74) is -1.84. The third-order valence-electron chi connectivity index (χ3n) is 3.76. The number of hydrogen-bond acceptors (Lipinski definition) is 6. The van der Waals surface area contributed by atoms with Crippen molar-refractivity contribution in [2.75, 3.05) is 6.61 Å². The van der Waals surface area contributed by atoms with Crippen LogP contribution in [-0.2, 0) is 19.1 Å². The van der Waals surface area contributed by atoms with Crippen molar-refractivity contribution in [2.24, 2.45) is 0 Å². The molecule has 0 spiro atoms. The Bertz CT molecular complexity index is 849. The van der Waals surface area contributed by atoms with Crippen LogP contribution in [0.4, 0.5) is 52.7 Å². The van der Waals surface area contributed by atoms with Crippen LogP contribution in [0.15, 0.2) is 24.3 Å². The van der Waals surface area contributed by atoms with Crippen molar-refractivity contribution in [2.45, 2.75) is 55.4 Å². The fourth-order valence-electron chi connectivity index (χ4n) is 1.68. The van der Waals surface area contributed by atoms with Crippen molar-refractivity contribution in [3.63, 3.8) is 0 Å². The van der Waals surface area contributed by atoms with E-state index in [4.69, 9.17) is 10.2 Å². The zero-order valence-electron chi connectivity index (χ0n) is 16.7. The molecule has 0 radical (unpaired) electrons. The second kappa shape index (κ2) is 8.94. The van der Waals surface area contributed by atoms with Crippen LogP contribution in [0.1, 0.15) is 13.8 Å². The van der Waals surface area contributed by atoms with E-state index >= 15 is 0 Å². The van der Waals surface area contributed by atoms with Crippen LogP contribution in [0.5, 0.6) is 0 Å². The molecular formula is C16H14F12O6. The molecule has 0 bridgehead atoms. The van der Waals surface area contributed by atoms with Gasteiger partial charge >= 0.3 is 53.4 Å². The van der Waals surface area contributed by atoms with Crippen LogP contribution in [0.2, 0.25) is 0 Å². The number of halogens is 12. The fraction of sp³-hybridized carbons (Fsp3) is 0.625. The maximum atomic E-state index is 13.8. The van der Waals surface area contributed by atoms with Gasteiger partial charge in [-0.25, -0.2) is 9.59 Å². The van der Waals surface area contributed by atoms with Crippen LogP contribution < -0.4 is 0 Å². The Morgan fingerprint density at radius 3 is 1.32 bits per heavy atom. The van der Waals surface area contributed by atoms with Crippen molar-refractivity contribution in [1.82, 2.24) is 0 Å². The molecule has 0 aliphatic rings. The first-order valence-electron chi connectivity index (χ1n) is 8.08. The second-order valence-corrected chi connectivity index (χ2v) is 6.71. The lowest BCUT2D eigenvalue weighted by atomic mass is 9.90. The van der Waals surface area contributed by atoms with Crippen molar-refractivity contribution >= 4 is 11.9 Å². The van der Waals surface area contributed by atoms with Gasteiger partial charge in [-0.15, -0.1) is 0 Å². The lowest BCUT2D eigenvalue weighted by Crippen LogP contribution is -2.74. The van der Waals surface area contributed by atoms with E-state index in [1.54, 1.807) is 0 Å². The molecule has 18 heteroatoms. The molecular weight excluding hydrogens is 516 g/mol. The summed E-state index contributed by atoms with van der Waals surface area (Å²) in [5.74, 6) is -56.4. The molecule has 0 aromatic carbocycles. The van der Waals surface area contributed by atoms with Gasteiger partial charge in [0.05, 0.1) is 0 Å². The van der Waals surface area contributed by atoms with Gasteiger partial charge < -0.3 is 19.7 Å². The molecule has 0 aliphatic heterocycles. The molecule has 0 atom stereocenters. The minimum Gasteiger partial charge on any atom is -0.456 e. The molecule has 0 fully saturated rings. The highest BCUT2D eigenvalue weighted by atomic mass is 19.4. The lowest BCUT2D eigenvalue weighted by molar-refractivity contribution is -0.488. The number of esters is 2. The molecule has 0 unspecified atom stereocenters. The predicted molar refractivity (Wildman–Crippen MR) is 83.5 cm³/mol. The molecule has 2 N–H and O–H groups in total. The summed E-state index contributed by atoms with van der Waals surface area (Å²) in [6.07, 6.45) is 0. The van der Waals surface area contributed by atoms with Crippen molar-refractivity contribution in [3.05, 3.63) is 24.3 Å². The number of alkyl halides is 12. The van der Waals surface area contributed by atoms with Crippen LogP contribution in [0.3, 0.4) is 0 Å². The smallest absolute Gasteiger partial charge is 0.407 e. The Labute approximate surface area is 181 Å². The maximum Gasteiger partial charge on any atom is 0.407 e. The minimum absolute atomic E-state index is 0.570. The van der Waals surface area contributed by atoms with Crippen molar-refractivity contribution < 1.29 is 82.0 Å². The minimum atomic E-state index is -8.21. The van der Waals surface area contributed by atoms with Gasteiger partial charge in [0.1, 0.15) is 0 Å². The first kappa shape index (κ1) is 31.5. The lowest BCUT2D eigenvalue weighted by Gasteiger charge is -2.42. The van der Waals surface area contributed by atoms with Gasteiger partial charge in [0, 0.05) is 11.1 Å². The Hall–Kier alpha value is -2.50. The Morgan fingerprint density at radius 2 is 0.971 bits per heavy atom. The van der Waals surface area contributed by atoms with Crippen molar-refractivity contribution in [3.8, 4) is 0 Å². The predicted octanol–water partition coefficient (Wildman–Crippen LogP) is 3.68. The summed E-state index contributed by atoms with van der Waals surface area (Å²) in [7, 11) is 0. The molecule has 6 nitrogen and oxygen atoms in total. The number of aliphatic hydroxyl groups is 2. The summed E-state index contributed by atoms with van der Waals surface area (Å²) in [6.45, 7) is 3.61. The monoisotopic (exact) mass is 530 g/mol. The van der Waals surface area contributed by atoms with E-state index in [-0.39, 0.29) is 0 Å². The van der Waals surface area contributed by atoms with Crippen LogP contribution in [0.25, 0.3) is 0 Å². The summed E-state index contributed by atoms with van der Waals surface area (Å²) in [4.78, 5) is 22.0. The summed E-state index contributed by atoms with van der Waals surface area (Å²) in [5, 5.41) is 17.7. The van der Waals surface area contributed by atoms with Gasteiger partial charge in [-0.05, 0) is 13.8 Å². The third kappa shape index (κ3) is 4.82. The summed E-state index contributed by atoms with van der Waals surface area (Å²) >= 11 is 0. The molecule has 34 heavy (non-hydrogen) atoms. The first-order valence-corrected chi connectivity index (χ1v) is 8.08. The number of carbonyl (C=O) groups is 2. The first-order chi connectivity index (χ1) is 14.7. The Morgan fingerprint density at radius 1 is 0.647 bits per heavy atom. The maximum absolute atomic E-state index is 13.8. The topological polar surface area (TPSA) is 93.1 Å². The highest BCUT2D eigenvalue weighted by molar-refractivity contribution is 5.87. The Kier molecular flexibility index (Phi) is 8.28. The van der Waals surface area contributed by atoms with E-state index in [2.05, 4.69) is 22.6 Å². The molecule has 0 saturated heterocycles. The fourth-order valence-corrected chi connectivity index (χ4v) is 1.68. The molecule has 0 aromatic rings. The van der Waals surface area contributed by atoms with E-state index < -0.39 is 71.2 Å². The van der Waals surface area contributed by atoms with E-state index in [0.717, 1.165) is 6.92 Å². The molecule has 0 rings (SSSR count). The standard InChI is InChI=1S/C16H14F12O6/c1-6(2)8(29)33-5-10(17,18)11(19,20)12(21,22)13(23,24)14(25,26)15(27,28)16(31,32)34-9(30)7(3)4/h31-32H,1,3,5H2,2,4H3. The molecule has 198 valence electrons. The quantitative estimate of drug-likeness (QED) is 0.183. The van der Waals surface area contributed by atoms with Crippen LogP contribution >= 0.6 is 0 Å². The number of hydrogen-bond donors (Lipinski definition) is 2. The van der Waals surface area contributed by atoms with Crippen LogP contribution in [0, 0.1) is 0 Å².